The largest absolute Gasteiger partial charge is 0.312 e. The summed E-state index contributed by atoms with van der Waals surface area (Å²) in [4.78, 5) is 1.43. The molecule has 96 valence electrons. The number of hydrogen-bond donors (Lipinski definition) is 1. The summed E-state index contributed by atoms with van der Waals surface area (Å²) in [6.45, 7) is 4.07. The Labute approximate surface area is 121 Å². The second kappa shape index (κ2) is 5.01. The van der Waals surface area contributed by atoms with Gasteiger partial charge in [0.1, 0.15) is 0 Å². The molecule has 0 radical (unpaired) electrons. The van der Waals surface area contributed by atoms with Crippen molar-refractivity contribution in [2.45, 2.75) is 32.2 Å². The van der Waals surface area contributed by atoms with Crippen LogP contribution in [0.25, 0.3) is 10.1 Å². The van der Waals surface area contributed by atoms with Gasteiger partial charge in [-0.1, -0.05) is 30.1 Å². The van der Waals surface area contributed by atoms with Crippen LogP contribution in [0.2, 0.25) is 10.0 Å². The predicted molar refractivity (Wildman–Crippen MR) is 81.2 cm³/mol. The Morgan fingerprint density at radius 2 is 2.11 bits per heavy atom. The lowest BCUT2D eigenvalue weighted by atomic mass is 10.1. The fraction of sp³-hybridized carbons (Fsp3) is 0.429. The number of fused-ring (bicyclic) bond motifs is 1. The zero-order valence-electron chi connectivity index (χ0n) is 10.2. The maximum atomic E-state index is 6.39. The fourth-order valence-electron chi connectivity index (χ4n) is 2.39. The minimum absolute atomic E-state index is 0.714. The van der Waals surface area contributed by atoms with E-state index in [0.717, 1.165) is 23.1 Å². The molecular formula is C14H15Cl2NS. The predicted octanol–water partition coefficient (Wildman–Crippen LogP) is 5.20. The molecule has 1 aromatic carbocycles. The van der Waals surface area contributed by atoms with E-state index < -0.39 is 0 Å². The Kier molecular flexibility index (Phi) is 3.55. The Balaban J connectivity index is 2.16. The topological polar surface area (TPSA) is 12.0 Å². The van der Waals surface area contributed by atoms with Gasteiger partial charge in [-0.2, -0.15) is 0 Å². The molecular weight excluding hydrogens is 285 g/mol. The van der Waals surface area contributed by atoms with E-state index in [9.17, 15) is 0 Å². The third-order valence-electron chi connectivity index (χ3n) is 3.34. The van der Waals surface area contributed by atoms with Crippen molar-refractivity contribution in [1.29, 1.82) is 0 Å². The number of hydrogen-bond acceptors (Lipinski definition) is 2. The molecule has 0 unspecified atom stereocenters. The van der Waals surface area contributed by atoms with Gasteiger partial charge in [0.05, 0.1) is 5.02 Å². The van der Waals surface area contributed by atoms with Crippen molar-refractivity contribution in [2.24, 2.45) is 0 Å². The van der Waals surface area contributed by atoms with Gasteiger partial charge in [0, 0.05) is 26.5 Å². The molecule has 1 saturated carbocycles. The van der Waals surface area contributed by atoms with Gasteiger partial charge in [0.15, 0.2) is 0 Å². The van der Waals surface area contributed by atoms with Crippen LogP contribution in [0.1, 0.15) is 36.1 Å². The molecule has 18 heavy (non-hydrogen) atoms. The highest BCUT2D eigenvalue weighted by atomic mass is 35.5. The third kappa shape index (κ3) is 2.27. The zero-order chi connectivity index (χ0) is 12.7. The molecule has 1 fully saturated rings. The Morgan fingerprint density at radius 1 is 1.33 bits per heavy atom. The van der Waals surface area contributed by atoms with Crippen LogP contribution >= 0.6 is 34.5 Å². The van der Waals surface area contributed by atoms with Gasteiger partial charge in [-0.25, -0.2) is 0 Å². The maximum absolute atomic E-state index is 6.39. The van der Waals surface area contributed by atoms with E-state index in [1.54, 1.807) is 0 Å². The van der Waals surface area contributed by atoms with Gasteiger partial charge < -0.3 is 5.32 Å². The molecule has 3 rings (SSSR count). The van der Waals surface area contributed by atoms with E-state index >= 15 is 0 Å². The summed E-state index contributed by atoms with van der Waals surface area (Å²) in [5.41, 5.74) is 1.47. The summed E-state index contributed by atoms with van der Waals surface area (Å²) in [6.07, 6.45) is 2.59. The highest BCUT2D eigenvalue weighted by molar-refractivity contribution is 7.19. The smallest absolute Gasteiger partial charge is 0.0510 e. The van der Waals surface area contributed by atoms with Crippen LogP contribution in [0.3, 0.4) is 0 Å². The third-order valence-corrected chi connectivity index (χ3v) is 5.01. The summed E-state index contributed by atoms with van der Waals surface area (Å²) < 4.78 is 1.22. The lowest BCUT2D eigenvalue weighted by Crippen LogP contribution is -2.11. The van der Waals surface area contributed by atoms with Gasteiger partial charge >= 0.3 is 0 Å². The molecule has 1 N–H and O–H groups in total. The van der Waals surface area contributed by atoms with Crippen molar-refractivity contribution in [3.63, 3.8) is 0 Å². The second-order valence-corrected chi connectivity index (χ2v) is 6.73. The maximum Gasteiger partial charge on any atom is 0.0510 e. The normalized spacial score (nSPS) is 15.5. The minimum atomic E-state index is 0.714. The zero-order valence-corrected chi connectivity index (χ0v) is 12.6. The molecule has 1 nitrogen and oxygen atoms in total. The standard InChI is InChI=1S/C14H15Cl2NS/c1-2-17-7-12-13(8-3-4-8)14-10(16)5-9(15)6-11(14)18-12/h5-6,8,17H,2-4,7H2,1H3. The number of benzene rings is 1. The first kappa shape index (κ1) is 12.7. The second-order valence-electron chi connectivity index (χ2n) is 4.75. The van der Waals surface area contributed by atoms with Crippen molar-refractivity contribution in [3.8, 4) is 0 Å². The first-order valence-corrected chi connectivity index (χ1v) is 7.89. The van der Waals surface area contributed by atoms with E-state index in [4.69, 9.17) is 23.2 Å². The van der Waals surface area contributed by atoms with E-state index in [0.29, 0.717) is 5.92 Å². The highest BCUT2D eigenvalue weighted by Gasteiger charge is 2.30. The SMILES string of the molecule is CCNCc1sc2cc(Cl)cc(Cl)c2c1C1CC1. The Hall–Kier alpha value is -0.280. The number of thiophene rings is 1. The van der Waals surface area contributed by atoms with Crippen molar-refractivity contribution >= 4 is 44.6 Å². The molecule has 1 aromatic heterocycles. The Bertz CT molecular complexity index is 587. The molecule has 0 bridgehead atoms. The molecule has 4 heteroatoms. The minimum Gasteiger partial charge on any atom is -0.312 e. The van der Waals surface area contributed by atoms with Crippen molar-refractivity contribution in [1.82, 2.24) is 5.32 Å². The first-order valence-electron chi connectivity index (χ1n) is 6.31. The molecule has 1 heterocycles. The molecule has 0 atom stereocenters. The molecule has 0 amide bonds. The fourth-order valence-corrected chi connectivity index (χ4v) is 4.43. The Morgan fingerprint density at radius 3 is 2.78 bits per heavy atom. The van der Waals surface area contributed by atoms with Crippen LogP contribution in [-0.4, -0.2) is 6.54 Å². The molecule has 1 aliphatic rings. The summed E-state index contributed by atoms with van der Waals surface area (Å²) in [7, 11) is 0. The average molecular weight is 300 g/mol. The van der Waals surface area contributed by atoms with Gasteiger partial charge in [-0.05, 0) is 43.0 Å². The quantitative estimate of drug-likeness (QED) is 0.819. The summed E-state index contributed by atoms with van der Waals surface area (Å²) in [5.74, 6) is 0.714. The monoisotopic (exact) mass is 299 g/mol. The molecule has 1 aliphatic carbocycles. The number of rotatable bonds is 4. The van der Waals surface area contributed by atoms with Crippen molar-refractivity contribution in [2.75, 3.05) is 6.54 Å². The van der Waals surface area contributed by atoms with Crippen LogP contribution < -0.4 is 5.32 Å². The van der Waals surface area contributed by atoms with Crippen LogP contribution in [-0.2, 0) is 6.54 Å². The van der Waals surface area contributed by atoms with Gasteiger partial charge in [0.25, 0.3) is 0 Å². The summed E-state index contributed by atoms with van der Waals surface area (Å²) in [6, 6.07) is 3.90. The van der Waals surface area contributed by atoms with E-state index in [2.05, 4.69) is 12.2 Å². The van der Waals surface area contributed by atoms with Crippen LogP contribution in [0.15, 0.2) is 12.1 Å². The van der Waals surface area contributed by atoms with Gasteiger partial charge in [-0.15, -0.1) is 11.3 Å². The van der Waals surface area contributed by atoms with E-state index in [1.165, 1.54) is 33.4 Å². The number of nitrogens with one attached hydrogen (secondary N) is 1. The van der Waals surface area contributed by atoms with Crippen LogP contribution in [0.5, 0.6) is 0 Å². The lowest BCUT2D eigenvalue weighted by Gasteiger charge is -2.04. The van der Waals surface area contributed by atoms with E-state index in [-0.39, 0.29) is 0 Å². The number of halogens is 2. The molecule has 0 saturated heterocycles. The highest BCUT2D eigenvalue weighted by Crippen LogP contribution is 2.50. The molecule has 0 aliphatic heterocycles. The lowest BCUT2D eigenvalue weighted by molar-refractivity contribution is 0.730. The van der Waals surface area contributed by atoms with Crippen molar-refractivity contribution < 1.29 is 0 Å². The van der Waals surface area contributed by atoms with Crippen molar-refractivity contribution in [3.05, 3.63) is 32.6 Å². The average Bonchev–Trinajstić information content (AvgIpc) is 3.08. The van der Waals surface area contributed by atoms with Crippen LogP contribution in [0, 0.1) is 0 Å². The van der Waals surface area contributed by atoms with Crippen LogP contribution in [0.4, 0.5) is 0 Å². The molecule has 0 spiro atoms. The first-order chi connectivity index (χ1) is 8.70. The van der Waals surface area contributed by atoms with Gasteiger partial charge in [0.2, 0.25) is 0 Å². The summed E-state index contributed by atoms with van der Waals surface area (Å²) in [5, 5.41) is 6.19. The summed E-state index contributed by atoms with van der Waals surface area (Å²) >= 11 is 14.3. The van der Waals surface area contributed by atoms with Gasteiger partial charge in [-0.3, -0.25) is 0 Å². The molecule has 2 aromatic rings. The van der Waals surface area contributed by atoms with E-state index in [1.807, 2.05) is 23.5 Å².